The number of nitrogens with one attached hydrogen (secondary N) is 1. The van der Waals surface area contributed by atoms with Crippen molar-refractivity contribution < 1.29 is 23.9 Å². The first-order valence-corrected chi connectivity index (χ1v) is 14.7. The van der Waals surface area contributed by atoms with E-state index in [1.165, 1.54) is 0 Å². The van der Waals surface area contributed by atoms with Crippen LogP contribution >= 0.6 is 0 Å². The third-order valence-electron chi connectivity index (χ3n) is 7.64. The summed E-state index contributed by atoms with van der Waals surface area (Å²) in [5.41, 5.74) is 6.32. The number of alkyl carbamates (subject to hydrolysis) is 1. The Morgan fingerprint density at radius 2 is 1.30 bits per heavy atom. The van der Waals surface area contributed by atoms with Gasteiger partial charge in [0.2, 0.25) is 5.91 Å². The van der Waals surface area contributed by atoms with Crippen molar-refractivity contribution in [1.29, 1.82) is 0 Å². The minimum Gasteiger partial charge on any atom is -0.466 e. The number of rotatable bonds is 12. The molecular weight excluding hydrogens is 540 g/mol. The Hall–Kier alpha value is -4.91. The Morgan fingerprint density at radius 1 is 0.744 bits per heavy atom. The van der Waals surface area contributed by atoms with Crippen LogP contribution in [0.25, 0.3) is 11.1 Å². The summed E-state index contributed by atoms with van der Waals surface area (Å²) < 4.78 is 10.9. The predicted molar refractivity (Wildman–Crippen MR) is 165 cm³/mol. The third kappa shape index (κ3) is 7.49. The molecule has 0 spiro atoms. The molecule has 0 bridgehead atoms. The van der Waals surface area contributed by atoms with Gasteiger partial charge in [0.25, 0.3) is 0 Å². The van der Waals surface area contributed by atoms with E-state index in [9.17, 15) is 14.4 Å². The Bertz CT molecular complexity index is 1490. The zero-order valence-electron chi connectivity index (χ0n) is 24.3. The van der Waals surface area contributed by atoms with Gasteiger partial charge in [0.1, 0.15) is 12.6 Å². The average molecular weight is 577 g/mol. The van der Waals surface area contributed by atoms with Gasteiger partial charge in [-0.15, -0.1) is 0 Å². The molecule has 1 N–H and O–H groups in total. The lowest BCUT2D eigenvalue weighted by Gasteiger charge is -2.28. The van der Waals surface area contributed by atoms with Crippen molar-refractivity contribution in [2.75, 3.05) is 19.8 Å². The summed E-state index contributed by atoms with van der Waals surface area (Å²) in [7, 11) is 0. The summed E-state index contributed by atoms with van der Waals surface area (Å²) in [4.78, 5) is 41.1. The molecule has 0 aromatic heterocycles. The van der Waals surface area contributed by atoms with E-state index in [1.54, 1.807) is 11.8 Å². The fourth-order valence-electron chi connectivity index (χ4n) is 5.58. The van der Waals surface area contributed by atoms with Crippen LogP contribution in [0, 0.1) is 0 Å². The van der Waals surface area contributed by atoms with E-state index in [0.29, 0.717) is 0 Å². The summed E-state index contributed by atoms with van der Waals surface area (Å²) in [6, 6.07) is 34.5. The fourth-order valence-corrected chi connectivity index (χ4v) is 5.58. The lowest BCUT2D eigenvalue weighted by Crippen LogP contribution is -2.50. The van der Waals surface area contributed by atoms with Crippen molar-refractivity contribution >= 4 is 18.0 Å². The summed E-state index contributed by atoms with van der Waals surface area (Å²) >= 11 is 0. The van der Waals surface area contributed by atoms with Crippen molar-refractivity contribution in [3.63, 3.8) is 0 Å². The van der Waals surface area contributed by atoms with Crippen LogP contribution in [0.1, 0.15) is 41.5 Å². The minimum absolute atomic E-state index is 0.0510. The molecular formula is C36H36N2O5. The zero-order chi connectivity index (χ0) is 30.0. The molecule has 5 rings (SSSR count). The summed E-state index contributed by atoms with van der Waals surface area (Å²) in [6.07, 6.45) is -0.342. The molecule has 7 nitrogen and oxygen atoms in total. The highest BCUT2D eigenvalue weighted by Gasteiger charge is 2.31. The molecule has 2 amide bonds. The van der Waals surface area contributed by atoms with Gasteiger partial charge < -0.3 is 19.7 Å². The van der Waals surface area contributed by atoms with Gasteiger partial charge in [-0.3, -0.25) is 9.59 Å². The maximum Gasteiger partial charge on any atom is 0.407 e. The van der Waals surface area contributed by atoms with Crippen molar-refractivity contribution in [3.8, 4) is 11.1 Å². The van der Waals surface area contributed by atoms with E-state index < -0.39 is 12.1 Å². The van der Waals surface area contributed by atoms with Crippen LogP contribution in [-0.2, 0) is 32.0 Å². The number of esters is 1. The second-order valence-electron chi connectivity index (χ2n) is 10.5. The molecule has 1 aliphatic rings. The van der Waals surface area contributed by atoms with Gasteiger partial charge in [-0.1, -0.05) is 109 Å². The van der Waals surface area contributed by atoms with Gasteiger partial charge in [0.05, 0.1) is 13.0 Å². The average Bonchev–Trinajstić information content (AvgIpc) is 3.36. The second-order valence-corrected chi connectivity index (χ2v) is 10.5. The van der Waals surface area contributed by atoms with Gasteiger partial charge in [0.15, 0.2) is 0 Å². The first-order chi connectivity index (χ1) is 21.0. The SMILES string of the molecule is CCOC(=O)CCN(Cc1ccccc1)C(=O)[C@H](Cc1ccccc1)NC(=O)OCC1c2ccccc2-c2ccccc21. The standard InChI is InChI=1S/C36H36N2O5/c1-2-42-34(39)21-22-38(24-27-15-7-4-8-16-27)35(40)33(23-26-13-5-3-6-14-26)37-36(41)43-25-32-30-19-11-9-17-28(30)29-18-10-12-20-31(29)32/h3-20,32-33H,2,21-25H2,1H3,(H,37,41)/t33-/m0/s1. The Labute approximate surface area is 252 Å². The molecule has 220 valence electrons. The van der Waals surface area contributed by atoms with Crippen LogP contribution in [0.3, 0.4) is 0 Å². The van der Waals surface area contributed by atoms with Gasteiger partial charge in [-0.2, -0.15) is 0 Å². The number of ether oxygens (including phenoxy) is 2. The molecule has 7 heteroatoms. The van der Waals surface area contributed by atoms with Crippen LogP contribution in [0.4, 0.5) is 4.79 Å². The van der Waals surface area contributed by atoms with Crippen molar-refractivity contribution in [1.82, 2.24) is 10.2 Å². The number of benzene rings is 4. The lowest BCUT2D eigenvalue weighted by atomic mass is 9.98. The summed E-state index contributed by atoms with van der Waals surface area (Å²) in [6.45, 7) is 2.61. The largest absolute Gasteiger partial charge is 0.466 e. The molecule has 43 heavy (non-hydrogen) atoms. The van der Waals surface area contributed by atoms with Crippen LogP contribution in [0.5, 0.6) is 0 Å². The first-order valence-electron chi connectivity index (χ1n) is 14.7. The maximum atomic E-state index is 14.0. The zero-order valence-corrected chi connectivity index (χ0v) is 24.3. The van der Waals surface area contributed by atoms with E-state index in [1.807, 2.05) is 84.9 Å². The molecule has 1 aliphatic carbocycles. The van der Waals surface area contributed by atoms with Crippen LogP contribution in [-0.4, -0.2) is 48.7 Å². The highest BCUT2D eigenvalue weighted by molar-refractivity contribution is 5.86. The third-order valence-corrected chi connectivity index (χ3v) is 7.64. The van der Waals surface area contributed by atoms with E-state index in [2.05, 4.69) is 29.6 Å². The van der Waals surface area contributed by atoms with Gasteiger partial charge in [0, 0.05) is 25.4 Å². The van der Waals surface area contributed by atoms with Crippen LogP contribution < -0.4 is 5.32 Å². The minimum atomic E-state index is -0.899. The first kappa shape index (κ1) is 29.6. The molecule has 0 aliphatic heterocycles. The van der Waals surface area contributed by atoms with Gasteiger partial charge in [-0.05, 0) is 40.3 Å². The lowest BCUT2D eigenvalue weighted by molar-refractivity contribution is -0.144. The maximum absolute atomic E-state index is 14.0. The molecule has 0 saturated heterocycles. The summed E-state index contributed by atoms with van der Waals surface area (Å²) in [5.74, 6) is -0.774. The molecule has 1 atom stereocenters. The van der Waals surface area contributed by atoms with Gasteiger partial charge >= 0.3 is 12.1 Å². The van der Waals surface area contributed by atoms with Crippen LogP contribution in [0.2, 0.25) is 0 Å². The highest BCUT2D eigenvalue weighted by atomic mass is 16.5. The topological polar surface area (TPSA) is 84.9 Å². The fraction of sp³-hybridized carbons (Fsp3) is 0.250. The van der Waals surface area contributed by atoms with E-state index in [4.69, 9.17) is 9.47 Å². The monoisotopic (exact) mass is 576 g/mol. The molecule has 4 aromatic carbocycles. The number of hydrogen-bond donors (Lipinski definition) is 1. The molecule has 0 unspecified atom stereocenters. The molecule has 0 fully saturated rings. The predicted octanol–water partition coefficient (Wildman–Crippen LogP) is 6.12. The van der Waals surface area contributed by atoms with E-state index >= 15 is 0 Å². The second kappa shape index (κ2) is 14.3. The summed E-state index contributed by atoms with van der Waals surface area (Å²) in [5, 5.41) is 2.85. The number of carbonyl (C=O) groups excluding carboxylic acids is 3. The van der Waals surface area contributed by atoms with E-state index in [-0.39, 0.29) is 56.9 Å². The quantitative estimate of drug-likeness (QED) is 0.206. The van der Waals surface area contributed by atoms with Crippen molar-refractivity contribution in [2.45, 2.75) is 38.3 Å². The molecule has 0 saturated carbocycles. The number of nitrogens with zero attached hydrogens (tertiary/aromatic N) is 1. The number of fused-ring (bicyclic) bond motifs is 3. The highest BCUT2D eigenvalue weighted by Crippen LogP contribution is 2.44. The molecule has 4 aromatic rings. The number of hydrogen-bond acceptors (Lipinski definition) is 5. The Kier molecular flexibility index (Phi) is 9.85. The van der Waals surface area contributed by atoms with Crippen molar-refractivity contribution in [2.24, 2.45) is 0 Å². The van der Waals surface area contributed by atoms with Gasteiger partial charge in [-0.25, -0.2) is 4.79 Å². The normalized spacial score (nSPS) is 12.5. The van der Waals surface area contributed by atoms with Crippen LogP contribution in [0.15, 0.2) is 109 Å². The number of carbonyl (C=O) groups is 3. The molecule has 0 radical (unpaired) electrons. The number of amides is 2. The smallest absolute Gasteiger partial charge is 0.407 e. The van der Waals surface area contributed by atoms with E-state index in [0.717, 1.165) is 33.4 Å². The Balaban J connectivity index is 1.33. The van der Waals surface area contributed by atoms with Crippen molar-refractivity contribution in [3.05, 3.63) is 131 Å². The molecule has 0 heterocycles. The Morgan fingerprint density at radius 3 is 1.91 bits per heavy atom.